The molecule has 2 aliphatic heterocycles. The quantitative estimate of drug-likeness (QED) is 0.312. The van der Waals surface area contributed by atoms with Crippen molar-refractivity contribution in [3.63, 3.8) is 0 Å². The fourth-order valence-corrected chi connectivity index (χ4v) is 3.94. The molecule has 0 aliphatic carbocycles. The maximum atomic E-state index is 12.2. The number of rotatable bonds is 6. The fourth-order valence-electron chi connectivity index (χ4n) is 3.94. The first-order chi connectivity index (χ1) is 19.2. The molecule has 4 rings (SSSR count). The predicted molar refractivity (Wildman–Crippen MR) is 145 cm³/mol. The van der Waals surface area contributed by atoms with Crippen LogP contribution in [0.2, 0.25) is 0 Å². The van der Waals surface area contributed by atoms with Gasteiger partial charge in [0.05, 0.1) is 48.6 Å². The Kier molecular flexibility index (Phi) is 9.38. The van der Waals surface area contributed by atoms with E-state index in [9.17, 15) is 33.6 Å². The van der Waals surface area contributed by atoms with Gasteiger partial charge >= 0.3 is 23.9 Å². The van der Waals surface area contributed by atoms with Gasteiger partial charge < -0.3 is 19.5 Å². The van der Waals surface area contributed by atoms with E-state index in [1.165, 1.54) is 12.1 Å². The number of Topliss-reactive ketones (excluding diaryl/α,β-unsaturated/α-hetero) is 2. The van der Waals surface area contributed by atoms with Crippen LogP contribution < -0.4 is 10.2 Å². The van der Waals surface area contributed by atoms with Gasteiger partial charge in [-0.05, 0) is 70.0 Å². The van der Waals surface area contributed by atoms with Crippen LogP contribution in [0.3, 0.4) is 0 Å². The highest BCUT2D eigenvalue weighted by molar-refractivity contribution is 6.56. The summed E-state index contributed by atoms with van der Waals surface area (Å²) >= 11 is 0. The molecule has 0 fully saturated rings. The first-order valence-corrected chi connectivity index (χ1v) is 12.8. The van der Waals surface area contributed by atoms with Crippen LogP contribution in [0.4, 0.5) is 16.2 Å². The van der Waals surface area contributed by atoms with Gasteiger partial charge in [-0.2, -0.15) is 0 Å². The molecule has 2 aromatic rings. The van der Waals surface area contributed by atoms with Crippen molar-refractivity contribution in [3.05, 3.63) is 58.7 Å². The summed E-state index contributed by atoms with van der Waals surface area (Å²) < 4.78 is 14.8. The molecule has 41 heavy (non-hydrogen) atoms. The van der Waals surface area contributed by atoms with Gasteiger partial charge in [0.1, 0.15) is 5.60 Å². The summed E-state index contributed by atoms with van der Waals surface area (Å²) in [7, 11) is 0. The zero-order chi connectivity index (χ0) is 30.5. The summed E-state index contributed by atoms with van der Waals surface area (Å²) in [5.74, 6) is -3.75. The minimum absolute atomic E-state index is 0.0188. The molecule has 2 aliphatic rings. The zero-order valence-electron chi connectivity index (χ0n) is 23.3. The van der Waals surface area contributed by atoms with Crippen molar-refractivity contribution in [2.75, 3.05) is 23.4 Å². The number of esters is 2. The number of ether oxygens (including phenoxy) is 3. The smallest absolute Gasteiger partial charge is 0.422 e. The van der Waals surface area contributed by atoms with Crippen LogP contribution in [0.1, 0.15) is 66.5 Å². The van der Waals surface area contributed by atoms with Gasteiger partial charge in [0, 0.05) is 0 Å². The molecule has 0 spiro atoms. The molecule has 2 aromatic carbocycles. The molecule has 0 saturated heterocycles. The maximum Gasteiger partial charge on any atom is 0.422 e. The Bertz CT molecular complexity index is 1440. The Morgan fingerprint density at radius 2 is 1.32 bits per heavy atom. The number of carbonyl (C=O) groups is 7. The van der Waals surface area contributed by atoms with E-state index in [-0.39, 0.29) is 36.7 Å². The van der Waals surface area contributed by atoms with E-state index in [1.807, 2.05) is 0 Å². The molecular weight excluding hydrogens is 536 g/mol. The number of anilines is 2. The summed E-state index contributed by atoms with van der Waals surface area (Å²) in [5, 5.41) is 2.45. The number of carbonyl (C=O) groups excluding carboxylic acids is 7. The van der Waals surface area contributed by atoms with E-state index in [4.69, 9.17) is 14.2 Å². The average Bonchev–Trinajstić information content (AvgIpc) is 3.30. The van der Waals surface area contributed by atoms with Crippen molar-refractivity contribution in [2.45, 2.75) is 53.1 Å². The van der Waals surface area contributed by atoms with Crippen molar-refractivity contribution in [1.82, 2.24) is 0 Å². The number of ketones is 2. The van der Waals surface area contributed by atoms with Crippen LogP contribution >= 0.6 is 0 Å². The SMILES string of the molecule is CCOC(=O)Cc1ccc2c(c1)C(=O)C(=O)N2.CCOC(=O)Cc1ccc2c(c1)C(=O)C(=O)N2C(=O)OC(C)(C)C. The van der Waals surface area contributed by atoms with Gasteiger partial charge in [-0.3, -0.25) is 28.8 Å². The van der Waals surface area contributed by atoms with Crippen LogP contribution in [-0.2, 0) is 46.2 Å². The van der Waals surface area contributed by atoms with Gasteiger partial charge in [-0.25, -0.2) is 9.69 Å². The van der Waals surface area contributed by atoms with Crippen LogP contribution in [-0.4, -0.2) is 60.2 Å². The van der Waals surface area contributed by atoms with E-state index in [2.05, 4.69) is 5.32 Å². The van der Waals surface area contributed by atoms with Crippen molar-refractivity contribution >= 4 is 52.8 Å². The molecule has 0 atom stereocenters. The predicted octanol–water partition coefficient (Wildman–Crippen LogP) is 3.18. The molecule has 12 nitrogen and oxygen atoms in total. The first-order valence-electron chi connectivity index (χ1n) is 12.8. The Balaban J connectivity index is 0.000000239. The van der Waals surface area contributed by atoms with Crippen LogP contribution in [0, 0.1) is 0 Å². The molecule has 3 amide bonds. The van der Waals surface area contributed by atoms with E-state index in [0.29, 0.717) is 29.0 Å². The highest BCUT2D eigenvalue weighted by atomic mass is 16.6. The van der Waals surface area contributed by atoms with Crippen LogP contribution in [0.25, 0.3) is 0 Å². The summed E-state index contributed by atoms with van der Waals surface area (Å²) in [4.78, 5) is 82.5. The number of imide groups is 1. The maximum absolute atomic E-state index is 12.2. The topological polar surface area (TPSA) is 162 Å². The molecule has 0 bridgehead atoms. The van der Waals surface area contributed by atoms with Crippen molar-refractivity contribution in [2.24, 2.45) is 0 Å². The second kappa shape index (κ2) is 12.5. The molecule has 0 aromatic heterocycles. The third-order valence-electron chi connectivity index (χ3n) is 5.61. The van der Waals surface area contributed by atoms with Gasteiger partial charge in [0.2, 0.25) is 0 Å². The lowest BCUT2D eigenvalue weighted by Gasteiger charge is -2.23. The summed E-state index contributed by atoms with van der Waals surface area (Å²) in [6, 6.07) is 9.31. The highest BCUT2D eigenvalue weighted by Gasteiger charge is 2.42. The average molecular weight is 567 g/mol. The molecule has 0 radical (unpaired) electrons. The lowest BCUT2D eigenvalue weighted by molar-refractivity contribution is -0.143. The van der Waals surface area contributed by atoms with Crippen LogP contribution in [0.15, 0.2) is 36.4 Å². The Labute approximate surface area is 235 Å². The number of hydrogen-bond donors (Lipinski definition) is 1. The van der Waals surface area contributed by atoms with Gasteiger partial charge in [0.25, 0.3) is 17.5 Å². The first kappa shape index (κ1) is 30.7. The standard InChI is InChI=1S/C17H19NO6.C12H11NO4/c1-5-23-13(19)9-10-6-7-12-11(8-10)14(20)15(21)18(12)16(22)24-17(2,3)4;1-2-17-10(14)6-7-3-4-9-8(5-7)11(15)12(16)13-9/h6-8H,5,9H2,1-4H3;3-5H,2,6H2,1H3,(H,13,15,16). The lowest BCUT2D eigenvalue weighted by Crippen LogP contribution is -2.40. The molecule has 1 N–H and O–H groups in total. The molecule has 2 heterocycles. The second-order valence-corrected chi connectivity index (χ2v) is 9.93. The molecule has 12 heteroatoms. The van der Waals surface area contributed by atoms with E-state index in [1.54, 1.807) is 58.9 Å². The number of benzene rings is 2. The third-order valence-corrected chi connectivity index (χ3v) is 5.61. The van der Waals surface area contributed by atoms with E-state index in [0.717, 1.165) is 4.90 Å². The number of nitrogens with zero attached hydrogens (tertiary/aromatic N) is 1. The number of nitrogens with one attached hydrogen (secondary N) is 1. The summed E-state index contributed by atoms with van der Waals surface area (Å²) in [6.07, 6.45) is -0.824. The number of amides is 3. The third kappa shape index (κ3) is 7.41. The Morgan fingerprint density at radius 3 is 1.85 bits per heavy atom. The molecule has 0 saturated carbocycles. The second-order valence-electron chi connectivity index (χ2n) is 9.93. The molecular formula is C29H30N2O10. The van der Waals surface area contributed by atoms with E-state index < -0.39 is 41.0 Å². The zero-order valence-corrected chi connectivity index (χ0v) is 23.3. The van der Waals surface area contributed by atoms with Crippen LogP contribution in [0.5, 0.6) is 0 Å². The summed E-state index contributed by atoms with van der Waals surface area (Å²) in [5.41, 5.74) is 1.43. The molecule has 0 unspecified atom stereocenters. The Hall–Kier alpha value is -4.87. The van der Waals surface area contributed by atoms with Gasteiger partial charge in [0.15, 0.2) is 0 Å². The number of hydrogen-bond acceptors (Lipinski definition) is 10. The van der Waals surface area contributed by atoms with Crippen molar-refractivity contribution < 1.29 is 47.8 Å². The number of fused-ring (bicyclic) bond motifs is 2. The minimum Gasteiger partial charge on any atom is -0.466 e. The fraction of sp³-hybridized carbons (Fsp3) is 0.345. The summed E-state index contributed by atoms with van der Waals surface area (Å²) in [6.45, 7) is 8.99. The van der Waals surface area contributed by atoms with Crippen molar-refractivity contribution in [1.29, 1.82) is 0 Å². The van der Waals surface area contributed by atoms with E-state index >= 15 is 0 Å². The molecule has 216 valence electrons. The van der Waals surface area contributed by atoms with Gasteiger partial charge in [-0.15, -0.1) is 0 Å². The van der Waals surface area contributed by atoms with Crippen molar-refractivity contribution in [3.8, 4) is 0 Å². The van der Waals surface area contributed by atoms with Gasteiger partial charge in [-0.1, -0.05) is 12.1 Å². The Morgan fingerprint density at radius 1 is 0.780 bits per heavy atom. The minimum atomic E-state index is -0.965. The monoisotopic (exact) mass is 566 g/mol. The highest BCUT2D eigenvalue weighted by Crippen LogP contribution is 2.31. The lowest BCUT2D eigenvalue weighted by atomic mass is 10.1. The normalized spacial score (nSPS) is 13.5. The largest absolute Gasteiger partial charge is 0.466 e.